The number of hydrogen-bond acceptors (Lipinski definition) is 15. The highest BCUT2D eigenvalue weighted by molar-refractivity contribution is 6.16. The molecule has 1 amide bonds. The molecule has 3 aliphatic heterocycles. The van der Waals surface area contributed by atoms with Crippen molar-refractivity contribution >= 4 is 62.0 Å². The molecule has 16 heteroatoms. The molecule has 9 atom stereocenters. The van der Waals surface area contributed by atoms with E-state index in [1.165, 1.54) is 40.2 Å². The standard InChI is InChI=1S/C53H68N4O12/c1-25(2)56(12)34-17-20-57(21-18-34)35-23-36(59)42-38(24-35)68-50-43(54-42)39-40-46(61)32(9)49-41(39)51(63)53(11,69-49)66-22-19-37(65-13)31(8)48(67-33(10)58)30(7)28(5)29(6)45(60)26(3)15-14-16-27(4)52(64)55-44(50)47(40)62/h14-16,19,22-26,28-31,34,37,45,48,60-61,63H,17-18,20-21H2,1-13H3,(H,55,64)/b15-14+,22-19+,27-16-/t26-,28+,29-,30+,31+,37-,45-,48-,53-/m0/s1. The molecule has 4 heterocycles. The zero-order chi connectivity index (χ0) is 50.5. The molecule has 0 radical (unpaired) electrons. The summed E-state index contributed by atoms with van der Waals surface area (Å²) in [4.78, 5) is 65.0. The highest BCUT2D eigenvalue weighted by atomic mass is 16.7. The SMILES string of the molecule is CO[C@H]1/C=C/O[C@@]2(C)Oc3c(C)c(O)c4c(=O)c(c5oc6cc(N7CCC(N(C)C(C)C)CC7)cc(=O)c6nc5c4c3=C2O)NC(=O)/C(C)=C\C=C\[C@H](C)[C@H](O)[C@@H](C)[C@@H](C)[C@@H](C)[C@H](OC(C)=O)[C@@H]1C. The molecule has 16 nitrogen and oxygen atoms in total. The summed E-state index contributed by atoms with van der Waals surface area (Å²) in [7, 11) is 3.63. The molecule has 4 bridgehead atoms. The number of aliphatic hydroxyl groups is 2. The zero-order valence-corrected chi connectivity index (χ0v) is 42.0. The number of esters is 1. The van der Waals surface area contributed by atoms with Crippen molar-refractivity contribution < 1.29 is 48.3 Å². The lowest BCUT2D eigenvalue weighted by Gasteiger charge is -2.39. The van der Waals surface area contributed by atoms with E-state index < -0.39 is 64.3 Å². The van der Waals surface area contributed by atoms with Gasteiger partial charge in [0.25, 0.3) is 5.91 Å². The maximum atomic E-state index is 14.9. The number of nitrogens with one attached hydrogen (secondary N) is 1. The normalized spacial score (nSPS) is 29.3. The Bertz CT molecular complexity index is 2940. The van der Waals surface area contributed by atoms with Crippen molar-refractivity contribution in [3.05, 3.63) is 79.5 Å². The summed E-state index contributed by atoms with van der Waals surface area (Å²) in [5, 5.41) is 38.1. The molecule has 1 aromatic heterocycles. The van der Waals surface area contributed by atoms with E-state index in [9.17, 15) is 34.5 Å². The molecular formula is C53H68N4O12. The Morgan fingerprint density at radius 1 is 0.971 bits per heavy atom. The summed E-state index contributed by atoms with van der Waals surface area (Å²) in [6, 6.07) is 3.97. The minimum Gasteiger partial charge on any atom is -0.507 e. The van der Waals surface area contributed by atoms with Crippen molar-refractivity contribution in [2.24, 2.45) is 29.6 Å². The van der Waals surface area contributed by atoms with Crippen LogP contribution in [0.1, 0.15) is 87.6 Å². The van der Waals surface area contributed by atoms with Crippen molar-refractivity contribution in [1.29, 1.82) is 0 Å². The van der Waals surface area contributed by atoms with Crippen LogP contribution in [0.5, 0.6) is 11.5 Å². The number of phenols is 1. The Balaban J connectivity index is 1.45. The minimum absolute atomic E-state index is 0.0204. The van der Waals surface area contributed by atoms with E-state index in [2.05, 4.69) is 36.0 Å². The van der Waals surface area contributed by atoms with Gasteiger partial charge in [-0.25, -0.2) is 4.98 Å². The maximum absolute atomic E-state index is 14.9. The van der Waals surface area contributed by atoms with Crippen LogP contribution in [-0.4, -0.2) is 101 Å². The van der Waals surface area contributed by atoms with E-state index in [0.29, 0.717) is 30.9 Å². The average Bonchev–Trinajstić information content (AvgIpc) is 3.58. The van der Waals surface area contributed by atoms with Crippen molar-refractivity contribution in [2.75, 3.05) is 37.5 Å². The average molecular weight is 953 g/mol. The number of carbonyl (C=O) groups excluding carboxylic acids is 2. The highest BCUT2D eigenvalue weighted by Crippen LogP contribution is 2.43. The molecule has 0 aliphatic carbocycles. The van der Waals surface area contributed by atoms with Gasteiger partial charge in [0.05, 0.1) is 29.1 Å². The molecule has 1 fully saturated rings. The summed E-state index contributed by atoms with van der Waals surface area (Å²) < 4.78 is 30.9. The maximum Gasteiger partial charge on any atom is 0.307 e. The smallest absolute Gasteiger partial charge is 0.307 e. The van der Waals surface area contributed by atoms with Crippen molar-refractivity contribution in [3.8, 4) is 11.5 Å². The van der Waals surface area contributed by atoms with E-state index in [4.69, 9.17) is 28.3 Å². The number of piperidine rings is 1. The van der Waals surface area contributed by atoms with E-state index in [1.807, 2.05) is 34.6 Å². The van der Waals surface area contributed by atoms with Crippen LogP contribution in [0.4, 0.5) is 11.4 Å². The predicted molar refractivity (Wildman–Crippen MR) is 266 cm³/mol. The lowest BCUT2D eigenvalue weighted by molar-refractivity contribution is -0.157. The van der Waals surface area contributed by atoms with Gasteiger partial charge in [0.15, 0.2) is 22.4 Å². The van der Waals surface area contributed by atoms with E-state index >= 15 is 0 Å². The third-order valence-electron chi connectivity index (χ3n) is 15.2. The van der Waals surface area contributed by atoms with Crippen LogP contribution >= 0.6 is 0 Å². The number of methoxy groups -OCH3 is 1. The fraction of sp³-hybridized carbons (Fsp3) is 0.528. The lowest BCUT2D eigenvalue weighted by atomic mass is 9.73. The summed E-state index contributed by atoms with van der Waals surface area (Å²) in [6.45, 7) is 21.2. The Labute approximate surface area is 402 Å². The monoisotopic (exact) mass is 952 g/mol. The van der Waals surface area contributed by atoms with E-state index in [0.717, 1.165) is 12.8 Å². The van der Waals surface area contributed by atoms with Gasteiger partial charge < -0.3 is 53.8 Å². The predicted octanol–water partition coefficient (Wildman–Crippen LogP) is 7.14. The number of benzene rings is 3. The molecule has 4 N–H and O–H groups in total. The number of rotatable bonds is 5. The second-order valence-corrected chi connectivity index (χ2v) is 19.9. The molecule has 372 valence electrons. The highest BCUT2D eigenvalue weighted by Gasteiger charge is 2.44. The van der Waals surface area contributed by atoms with E-state index in [1.54, 1.807) is 37.3 Å². The van der Waals surface area contributed by atoms with Gasteiger partial charge in [-0.1, -0.05) is 52.8 Å². The molecule has 0 spiro atoms. The second kappa shape index (κ2) is 19.8. The number of allylic oxidation sites excluding steroid dienone is 2. The van der Waals surface area contributed by atoms with Gasteiger partial charge in [-0.15, -0.1) is 0 Å². The number of phenolic OH excluding ortho intramolecular Hbond substituents is 1. The summed E-state index contributed by atoms with van der Waals surface area (Å²) >= 11 is 0. The molecule has 0 saturated carbocycles. The van der Waals surface area contributed by atoms with Crippen LogP contribution in [0.3, 0.4) is 0 Å². The number of anilines is 2. The summed E-state index contributed by atoms with van der Waals surface area (Å²) in [5.41, 5.74) is -1.11. The van der Waals surface area contributed by atoms with Gasteiger partial charge in [-0.05, 0) is 71.4 Å². The molecule has 7 rings (SSSR count). The van der Waals surface area contributed by atoms with Crippen LogP contribution in [0.25, 0.3) is 38.7 Å². The van der Waals surface area contributed by atoms with Crippen molar-refractivity contribution in [3.63, 3.8) is 0 Å². The number of aliphatic hydroxyl groups excluding tert-OH is 2. The topological polar surface area (TPSA) is 210 Å². The molecule has 0 unspecified atom stereocenters. The van der Waals surface area contributed by atoms with E-state index in [-0.39, 0.29) is 84.4 Å². The lowest BCUT2D eigenvalue weighted by Crippen LogP contribution is -2.45. The van der Waals surface area contributed by atoms with Crippen LogP contribution in [0.15, 0.2) is 62.3 Å². The molecular weight excluding hydrogens is 885 g/mol. The fourth-order valence-corrected chi connectivity index (χ4v) is 10.2. The molecule has 4 aromatic rings. The number of aromatic nitrogens is 1. The van der Waals surface area contributed by atoms with Crippen LogP contribution < -0.4 is 31.0 Å². The third-order valence-corrected chi connectivity index (χ3v) is 15.2. The molecule has 69 heavy (non-hydrogen) atoms. The number of nitrogens with zero attached hydrogens (tertiary/aromatic N) is 3. The van der Waals surface area contributed by atoms with Gasteiger partial charge in [-0.3, -0.25) is 19.2 Å². The zero-order valence-electron chi connectivity index (χ0n) is 42.0. The first-order valence-electron chi connectivity index (χ1n) is 23.9. The Morgan fingerprint density at radius 3 is 2.29 bits per heavy atom. The summed E-state index contributed by atoms with van der Waals surface area (Å²) in [5.74, 6) is -5.60. The van der Waals surface area contributed by atoms with Gasteiger partial charge in [-0.2, -0.15) is 0 Å². The number of ether oxygens (including phenoxy) is 4. The summed E-state index contributed by atoms with van der Waals surface area (Å²) in [6.07, 6.45) is 7.50. The molecule has 3 aliphatic rings. The number of aromatic hydroxyl groups is 1. The van der Waals surface area contributed by atoms with Gasteiger partial charge >= 0.3 is 11.8 Å². The van der Waals surface area contributed by atoms with Gasteiger partial charge in [0.1, 0.15) is 28.8 Å². The van der Waals surface area contributed by atoms with Gasteiger partial charge in [0.2, 0.25) is 10.9 Å². The quantitative estimate of drug-likeness (QED) is 0.0890. The first-order valence-corrected chi connectivity index (χ1v) is 23.9. The largest absolute Gasteiger partial charge is 0.507 e. The Hall–Kier alpha value is -5.97. The molecule has 3 aromatic carbocycles. The number of amides is 1. The van der Waals surface area contributed by atoms with Crippen LogP contribution in [-0.2, 0) is 23.8 Å². The molecule has 1 saturated heterocycles. The fourth-order valence-electron chi connectivity index (χ4n) is 10.2. The minimum atomic E-state index is -1.94. The van der Waals surface area contributed by atoms with Crippen molar-refractivity contribution in [1.82, 2.24) is 9.88 Å². The van der Waals surface area contributed by atoms with Gasteiger partial charge in [0, 0.05) is 92.3 Å². The van der Waals surface area contributed by atoms with Crippen molar-refractivity contribution in [2.45, 2.75) is 125 Å². The number of carbonyl (C=O) groups is 2. The first-order chi connectivity index (χ1) is 32.5. The second-order valence-electron chi connectivity index (χ2n) is 19.9. The van der Waals surface area contributed by atoms with Crippen LogP contribution in [0, 0.1) is 36.5 Å². The Kier molecular flexibility index (Phi) is 14.6. The third kappa shape index (κ3) is 9.42. The Morgan fingerprint density at radius 2 is 1.65 bits per heavy atom. The van der Waals surface area contributed by atoms with Crippen LogP contribution in [0.2, 0.25) is 0 Å². The number of hydrogen-bond donors (Lipinski definition) is 4. The number of fused-ring (bicyclic) bond motifs is 2. The first kappa shape index (κ1) is 50.9.